The Bertz CT molecular complexity index is 843. The van der Waals surface area contributed by atoms with E-state index in [1.807, 2.05) is 4.90 Å². The molecule has 0 radical (unpaired) electrons. The van der Waals surface area contributed by atoms with Gasteiger partial charge in [0.25, 0.3) is 0 Å². The average Bonchev–Trinajstić information content (AvgIpc) is 2.91. The summed E-state index contributed by atoms with van der Waals surface area (Å²) in [5, 5.41) is 13.1. The number of esters is 1. The first-order valence-electron chi connectivity index (χ1n) is 8.39. The molecule has 0 saturated heterocycles. The summed E-state index contributed by atoms with van der Waals surface area (Å²) in [6, 6.07) is 2.09. The lowest BCUT2D eigenvalue weighted by molar-refractivity contribution is -0.136. The quantitative estimate of drug-likeness (QED) is 0.735. The van der Waals surface area contributed by atoms with Gasteiger partial charge in [0.05, 0.1) is 12.7 Å². The van der Waals surface area contributed by atoms with E-state index >= 15 is 0 Å². The topological polar surface area (TPSA) is 95.9 Å². The van der Waals surface area contributed by atoms with Gasteiger partial charge in [0, 0.05) is 46.6 Å². The Morgan fingerprint density at radius 3 is 2.85 bits per heavy atom. The number of ether oxygens (including phenoxy) is 1. The lowest BCUT2D eigenvalue weighted by Gasteiger charge is -2.25. The van der Waals surface area contributed by atoms with Crippen molar-refractivity contribution in [2.45, 2.75) is 31.6 Å². The van der Waals surface area contributed by atoms with Crippen molar-refractivity contribution in [1.82, 2.24) is 10.2 Å². The second-order valence-corrected chi connectivity index (χ2v) is 8.55. The highest BCUT2D eigenvalue weighted by Gasteiger charge is 2.27. The summed E-state index contributed by atoms with van der Waals surface area (Å²) in [6.07, 6.45) is 2.83. The monoisotopic (exact) mass is 408 g/mol. The maximum absolute atomic E-state index is 12.2. The van der Waals surface area contributed by atoms with Crippen molar-refractivity contribution in [3.05, 3.63) is 44.3 Å². The summed E-state index contributed by atoms with van der Waals surface area (Å²) in [7, 11) is 1.31. The summed E-state index contributed by atoms with van der Waals surface area (Å²) >= 11 is 2.98. The lowest BCUT2D eigenvalue weighted by Crippen LogP contribution is -2.33. The molecule has 1 aromatic rings. The van der Waals surface area contributed by atoms with Crippen molar-refractivity contribution in [3.63, 3.8) is 0 Å². The molecule has 0 saturated carbocycles. The highest BCUT2D eigenvalue weighted by molar-refractivity contribution is 8.03. The van der Waals surface area contributed by atoms with Crippen LogP contribution in [0.3, 0.4) is 0 Å². The zero-order valence-corrected chi connectivity index (χ0v) is 16.6. The van der Waals surface area contributed by atoms with Gasteiger partial charge in [-0.1, -0.05) is 0 Å². The van der Waals surface area contributed by atoms with Crippen LogP contribution in [0.5, 0.6) is 0 Å². The third-order valence-corrected chi connectivity index (χ3v) is 6.86. The normalized spacial score (nSPS) is 19.2. The zero-order valence-electron chi connectivity index (χ0n) is 15.0. The predicted molar refractivity (Wildman–Crippen MR) is 103 cm³/mol. The smallest absolute Gasteiger partial charge is 0.352 e. The molecule has 0 bridgehead atoms. The minimum atomic E-state index is -1.08. The SMILES string of the molecule is COC(=O)C1=CNC(C(=O)O)=CSC1Cc1cc2c(s1)CCN(C(C)=O)C2. The van der Waals surface area contributed by atoms with Gasteiger partial charge >= 0.3 is 11.9 Å². The van der Waals surface area contributed by atoms with Crippen molar-refractivity contribution in [2.75, 3.05) is 13.7 Å². The summed E-state index contributed by atoms with van der Waals surface area (Å²) in [5.41, 5.74) is 1.57. The zero-order chi connectivity index (χ0) is 19.6. The van der Waals surface area contributed by atoms with Gasteiger partial charge in [-0.25, -0.2) is 9.59 Å². The van der Waals surface area contributed by atoms with Gasteiger partial charge in [0.15, 0.2) is 0 Å². The van der Waals surface area contributed by atoms with Gasteiger partial charge in [-0.3, -0.25) is 4.79 Å². The van der Waals surface area contributed by atoms with E-state index in [0.717, 1.165) is 23.4 Å². The number of carboxylic acid groups (broad SMARTS) is 1. The third kappa shape index (κ3) is 4.36. The molecule has 9 heteroatoms. The highest BCUT2D eigenvalue weighted by Crippen LogP contribution is 2.34. The first kappa shape index (κ1) is 19.5. The number of hydrogen-bond acceptors (Lipinski definition) is 7. The predicted octanol–water partition coefficient (Wildman–Crippen LogP) is 1.88. The third-order valence-electron chi connectivity index (χ3n) is 4.48. The van der Waals surface area contributed by atoms with Gasteiger partial charge in [0.1, 0.15) is 5.70 Å². The Hall–Kier alpha value is -2.26. The number of nitrogens with zero attached hydrogens (tertiary/aromatic N) is 1. The molecule has 0 aliphatic carbocycles. The summed E-state index contributed by atoms with van der Waals surface area (Å²) in [4.78, 5) is 39.2. The van der Waals surface area contributed by atoms with Crippen LogP contribution in [0.4, 0.5) is 0 Å². The van der Waals surface area contributed by atoms with Gasteiger partial charge in [-0.05, 0) is 24.5 Å². The number of hydrogen-bond donors (Lipinski definition) is 2. The molecule has 144 valence electrons. The highest BCUT2D eigenvalue weighted by atomic mass is 32.2. The van der Waals surface area contributed by atoms with Crippen LogP contribution in [-0.4, -0.2) is 46.8 Å². The van der Waals surface area contributed by atoms with Gasteiger partial charge < -0.3 is 20.1 Å². The first-order valence-corrected chi connectivity index (χ1v) is 10.1. The molecule has 1 atom stereocenters. The Labute approximate surface area is 165 Å². The van der Waals surface area contributed by atoms with E-state index in [4.69, 9.17) is 4.74 Å². The minimum Gasteiger partial charge on any atom is -0.477 e. The average molecular weight is 409 g/mol. The summed E-state index contributed by atoms with van der Waals surface area (Å²) < 4.78 is 4.86. The molecule has 0 aromatic carbocycles. The lowest BCUT2D eigenvalue weighted by atomic mass is 10.1. The fourth-order valence-corrected chi connectivity index (χ4v) is 5.41. The van der Waals surface area contributed by atoms with E-state index in [1.54, 1.807) is 18.3 Å². The van der Waals surface area contributed by atoms with E-state index < -0.39 is 11.9 Å². The number of carbonyl (C=O) groups excluding carboxylic acids is 2. The van der Waals surface area contributed by atoms with Crippen LogP contribution in [0.25, 0.3) is 0 Å². The van der Waals surface area contributed by atoms with E-state index in [1.165, 1.54) is 35.4 Å². The van der Waals surface area contributed by atoms with Crippen LogP contribution >= 0.6 is 23.1 Å². The Balaban J connectivity index is 1.81. The molecule has 1 aromatic heterocycles. The van der Waals surface area contributed by atoms with Crippen molar-refractivity contribution < 1.29 is 24.2 Å². The van der Waals surface area contributed by atoms with E-state index in [2.05, 4.69) is 11.4 Å². The maximum atomic E-state index is 12.2. The summed E-state index contributed by atoms with van der Waals surface area (Å²) in [5.74, 6) is -1.50. The van der Waals surface area contributed by atoms with Gasteiger partial charge in [-0.2, -0.15) is 0 Å². The Morgan fingerprint density at radius 2 is 2.19 bits per heavy atom. The molecule has 2 aliphatic rings. The number of carboxylic acids is 1. The van der Waals surface area contributed by atoms with Crippen molar-refractivity contribution in [2.24, 2.45) is 0 Å². The number of fused-ring (bicyclic) bond motifs is 1. The molecule has 27 heavy (non-hydrogen) atoms. The van der Waals surface area contributed by atoms with Crippen LogP contribution in [0, 0.1) is 0 Å². The van der Waals surface area contributed by atoms with E-state index in [-0.39, 0.29) is 16.9 Å². The van der Waals surface area contributed by atoms with Crippen molar-refractivity contribution >= 4 is 40.9 Å². The van der Waals surface area contributed by atoms with Crippen LogP contribution in [-0.2, 0) is 38.5 Å². The molecule has 1 amide bonds. The number of amides is 1. The molecule has 0 spiro atoms. The van der Waals surface area contributed by atoms with Crippen LogP contribution in [0.1, 0.15) is 22.2 Å². The second kappa shape index (κ2) is 8.18. The Kier molecular flexibility index (Phi) is 5.91. The van der Waals surface area contributed by atoms with E-state index in [9.17, 15) is 19.5 Å². The fourth-order valence-electron chi connectivity index (χ4n) is 3.03. The standard InChI is InChI=1S/C18H20N2O5S2/c1-10(21)20-4-3-15-11(8-20)5-12(27-15)6-16-13(18(24)25-2)7-19-14(9-26-16)17(22)23/h5,7,9,16,19H,3-4,6,8H2,1-2H3,(H,22,23). The minimum absolute atomic E-state index is 0.0199. The Morgan fingerprint density at radius 1 is 1.41 bits per heavy atom. The van der Waals surface area contributed by atoms with Crippen molar-refractivity contribution in [1.29, 1.82) is 0 Å². The molecule has 3 heterocycles. The van der Waals surface area contributed by atoms with Crippen LogP contribution < -0.4 is 5.32 Å². The molecular weight excluding hydrogens is 388 g/mol. The molecule has 0 fully saturated rings. The molecular formula is C18H20N2O5S2. The summed E-state index contributed by atoms with van der Waals surface area (Å²) in [6.45, 7) is 2.92. The number of carbonyl (C=O) groups is 3. The molecule has 2 N–H and O–H groups in total. The number of thioether (sulfide) groups is 1. The van der Waals surface area contributed by atoms with Crippen LogP contribution in [0.2, 0.25) is 0 Å². The molecule has 1 unspecified atom stereocenters. The van der Waals surface area contributed by atoms with Crippen LogP contribution in [0.15, 0.2) is 28.9 Å². The number of rotatable bonds is 4. The number of aliphatic carboxylic acids is 1. The van der Waals surface area contributed by atoms with Gasteiger partial charge in [0.2, 0.25) is 5.91 Å². The largest absolute Gasteiger partial charge is 0.477 e. The molecule has 2 aliphatic heterocycles. The second-order valence-electron chi connectivity index (χ2n) is 6.25. The number of nitrogens with one attached hydrogen (secondary N) is 1. The van der Waals surface area contributed by atoms with E-state index in [0.29, 0.717) is 18.5 Å². The van der Waals surface area contributed by atoms with Crippen molar-refractivity contribution in [3.8, 4) is 0 Å². The number of thiophene rings is 1. The first-order chi connectivity index (χ1) is 12.9. The van der Waals surface area contributed by atoms with Gasteiger partial charge in [-0.15, -0.1) is 23.1 Å². The maximum Gasteiger partial charge on any atom is 0.352 e. The molecule has 3 rings (SSSR count). The fraction of sp³-hybridized carbons (Fsp3) is 0.389. The number of methoxy groups -OCH3 is 1. The molecule has 7 nitrogen and oxygen atoms in total.